The van der Waals surface area contributed by atoms with Crippen molar-refractivity contribution in [1.82, 2.24) is 10.2 Å². The first kappa shape index (κ1) is 21.0. The third kappa shape index (κ3) is 4.51. The summed E-state index contributed by atoms with van der Waals surface area (Å²) in [5.74, 6) is 0.659. The van der Waals surface area contributed by atoms with Crippen LogP contribution >= 0.6 is 24.8 Å². The van der Waals surface area contributed by atoms with Gasteiger partial charge in [-0.2, -0.15) is 0 Å². The van der Waals surface area contributed by atoms with Crippen molar-refractivity contribution in [2.45, 2.75) is 31.7 Å². The Hall–Kier alpha value is -1.08. The number of nitrogens with zero attached hydrogens (tertiary/aromatic N) is 2. The molecule has 0 aromatic heterocycles. The molecule has 2 N–H and O–H groups in total. The van der Waals surface area contributed by atoms with Crippen LogP contribution in [0, 0.1) is 16.0 Å². The minimum absolute atomic E-state index is 0. The molecule has 24 heavy (non-hydrogen) atoms. The smallest absolute Gasteiger partial charge is 0.270 e. The Morgan fingerprint density at radius 1 is 1.21 bits per heavy atom. The number of nitrogens with one attached hydrogen (secondary N) is 1. The minimum atomic E-state index is -0.383. The average Bonchev–Trinajstić information content (AvgIpc) is 3.04. The van der Waals surface area contributed by atoms with Gasteiger partial charge in [0.25, 0.3) is 5.69 Å². The molecular formula is C16H25Cl2N3O3. The van der Waals surface area contributed by atoms with E-state index in [1.165, 1.54) is 25.0 Å². The van der Waals surface area contributed by atoms with Crippen molar-refractivity contribution >= 4 is 30.5 Å². The summed E-state index contributed by atoms with van der Waals surface area (Å²) in [5, 5.41) is 24.7. The van der Waals surface area contributed by atoms with Crippen LogP contribution in [-0.4, -0.2) is 41.1 Å². The van der Waals surface area contributed by atoms with Crippen LogP contribution in [0.15, 0.2) is 18.2 Å². The summed E-state index contributed by atoms with van der Waals surface area (Å²) in [6.07, 6.45) is 4.69. The van der Waals surface area contributed by atoms with Crippen LogP contribution in [0.3, 0.4) is 0 Å². The summed E-state index contributed by atoms with van der Waals surface area (Å²) in [7, 11) is 0. The first-order chi connectivity index (χ1) is 10.7. The Bertz CT molecular complexity index is 547. The standard InChI is InChI=1S/C16H23N3O3.2ClH/c20-15-6-5-13(19(21)22)11-14(15)16(12-3-1-2-4-12)18-9-7-17-8-10-18;;/h5-6,11-12,16-17,20H,1-4,7-10H2;2*1H/t16-;;/m1../s1. The van der Waals surface area contributed by atoms with Crippen LogP contribution < -0.4 is 5.32 Å². The second-order valence-corrected chi connectivity index (χ2v) is 6.28. The zero-order valence-corrected chi connectivity index (χ0v) is 15.2. The molecule has 8 heteroatoms. The number of phenols is 1. The van der Waals surface area contributed by atoms with Crippen LogP contribution in [0.4, 0.5) is 5.69 Å². The number of hydrogen-bond acceptors (Lipinski definition) is 5. The van der Waals surface area contributed by atoms with Gasteiger partial charge in [-0.3, -0.25) is 15.0 Å². The third-order valence-corrected chi connectivity index (χ3v) is 4.93. The molecule has 1 aliphatic heterocycles. The lowest BCUT2D eigenvalue weighted by Gasteiger charge is -2.38. The van der Waals surface area contributed by atoms with Crippen molar-refractivity contribution in [2.75, 3.05) is 26.2 Å². The maximum absolute atomic E-state index is 11.1. The molecule has 1 atom stereocenters. The fourth-order valence-corrected chi connectivity index (χ4v) is 3.87. The molecule has 1 aliphatic carbocycles. The average molecular weight is 378 g/mol. The Kier molecular flexibility index (Phi) is 8.22. The number of aromatic hydroxyl groups is 1. The second-order valence-electron chi connectivity index (χ2n) is 6.28. The predicted molar refractivity (Wildman–Crippen MR) is 98.4 cm³/mol. The molecular weight excluding hydrogens is 353 g/mol. The maximum atomic E-state index is 11.1. The summed E-state index contributed by atoms with van der Waals surface area (Å²) >= 11 is 0. The zero-order valence-electron chi connectivity index (χ0n) is 13.5. The monoisotopic (exact) mass is 377 g/mol. The van der Waals surface area contributed by atoms with Crippen molar-refractivity contribution in [3.05, 3.63) is 33.9 Å². The van der Waals surface area contributed by atoms with Crippen LogP contribution in [0.5, 0.6) is 5.75 Å². The molecule has 1 aromatic carbocycles. The molecule has 1 saturated heterocycles. The molecule has 1 aromatic rings. The normalized spacial score (nSPS) is 20.0. The van der Waals surface area contributed by atoms with Crippen molar-refractivity contribution in [3.63, 3.8) is 0 Å². The summed E-state index contributed by atoms with van der Waals surface area (Å²) < 4.78 is 0. The fraction of sp³-hybridized carbons (Fsp3) is 0.625. The van der Waals surface area contributed by atoms with E-state index in [-0.39, 0.29) is 47.2 Å². The molecule has 2 fully saturated rings. The number of rotatable bonds is 4. The van der Waals surface area contributed by atoms with Gasteiger partial charge in [0.05, 0.1) is 4.92 Å². The van der Waals surface area contributed by atoms with Crippen LogP contribution in [-0.2, 0) is 0 Å². The molecule has 0 spiro atoms. The largest absolute Gasteiger partial charge is 0.508 e. The SMILES string of the molecule is Cl.Cl.O=[N+]([O-])c1ccc(O)c([C@@H](C2CCCC2)N2CCNCC2)c1. The van der Waals surface area contributed by atoms with Crippen molar-refractivity contribution in [2.24, 2.45) is 5.92 Å². The van der Waals surface area contributed by atoms with E-state index in [2.05, 4.69) is 10.2 Å². The van der Waals surface area contributed by atoms with E-state index in [4.69, 9.17) is 0 Å². The summed E-state index contributed by atoms with van der Waals surface area (Å²) in [4.78, 5) is 13.1. The predicted octanol–water partition coefficient (Wildman–Crippen LogP) is 3.28. The van der Waals surface area contributed by atoms with Crippen molar-refractivity contribution < 1.29 is 10.0 Å². The molecule has 136 valence electrons. The number of piperazine rings is 1. The van der Waals surface area contributed by atoms with E-state index in [1.54, 1.807) is 6.07 Å². The molecule has 0 amide bonds. The topological polar surface area (TPSA) is 78.6 Å². The highest BCUT2D eigenvalue weighted by atomic mass is 35.5. The molecule has 1 heterocycles. The Morgan fingerprint density at radius 2 is 1.83 bits per heavy atom. The van der Waals surface area contributed by atoms with Gasteiger partial charge in [0, 0.05) is 49.9 Å². The lowest BCUT2D eigenvalue weighted by Crippen LogP contribution is -2.46. The first-order valence-corrected chi connectivity index (χ1v) is 8.09. The quantitative estimate of drug-likeness (QED) is 0.621. The molecule has 0 bridgehead atoms. The highest BCUT2D eigenvalue weighted by Gasteiger charge is 2.34. The number of phenolic OH excluding ortho intramolecular Hbond substituents is 1. The molecule has 3 rings (SSSR count). The van der Waals surface area contributed by atoms with E-state index in [1.807, 2.05) is 0 Å². The van der Waals surface area contributed by atoms with Crippen LogP contribution in [0.1, 0.15) is 37.3 Å². The van der Waals surface area contributed by atoms with E-state index in [9.17, 15) is 15.2 Å². The Balaban J connectivity index is 0.00000144. The second kappa shape index (κ2) is 9.42. The number of nitro groups is 1. The van der Waals surface area contributed by atoms with E-state index in [0.717, 1.165) is 44.6 Å². The van der Waals surface area contributed by atoms with Crippen molar-refractivity contribution in [1.29, 1.82) is 0 Å². The molecule has 1 saturated carbocycles. The van der Waals surface area contributed by atoms with Gasteiger partial charge < -0.3 is 10.4 Å². The summed E-state index contributed by atoms with van der Waals surface area (Å²) in [6.45, 7) is 3.70. The number of nitro benzene ring substituents is 1. The van der Waals surface area contributed by atoms with Gasteiger partial charge in [-0.1, -0.05) is 12.8 Å². The van der Waals surface area contributed by atoms with Gasteiger partial charge in [0.15, 0.2) is 0 Å². The fourth-order valence-electron chi connectivity index (χ4n) is 3.87. The number of hydrogen-bond donors (Lipinski definition) is 2. The van der Waals surface area contributed by atoms with E-state index in [0.29, 0.717) is 5.92 Å². The zero-order chi connectivity index (χ0) is 15.5. The number of non-ortho nitro benzene ring substituents is 1. The number of halogens is 2. The molecule has 6 nitrogen and oxygen atoms in total. The molecule has 0 unspecified atom stereocenters. The third-order valence-electron chi connectivity index (χ3n) is 4.93. The van der Waals surface area contributed by atoms with Gasteiger partial charge in [0.1, 0.15) is 5.75 Å². The molecule has 0 radical (unpaired) electrons. The maximum Gasteiger partial charge on any atom is 0.270 e. The first-order valence-electron chi connectivity index (χ1n) is 8.09. The van der Waals surface area contributed by atoms with Crippen LogP contribution in [0.2, 0.25) is 0 Å². The van der Waals surface area contributed by atoms with E-state index < -0.39 is 0 Å². The lowest BCUT2D eigenvalue weighted by molar-refractivity contribution is -0.385. The Labute approximate surface area is 154 Å². The molecule has 2 aliphatic rings. The van der Waals surface area contributed by atoms with Gasteiger partial charge >= 0.3 is 0 Å². The Morgan fingerprint density at radius 3 is 2.42 bits per heavy atom. The van der Waals surface area contributed by atoms with Gasteiger partial charge in [-0.15, -0.1) is 24.8 Å². The highest BCUT2D eigenvalue weighted by Crippen LogP contribution is 2.43. The minimum Gasteiger partial charge on any atom is -0.508 e. The summed E-state index contributed by atoms with van der Waals surface area (Å²) in [5.41, 5.74) is 0.786. The van der Waals surface area contributed by atoms with Crippen molar-refractivity contribution in [3.8, 4) is 5.75 Å². The van der Waals surface area contributed by atoms with Gasteiger partial charge in [0.2, 0.25) is 0 Å². The van der Waals surface area contributed by atoms with Gasteiger partial charge in [-0.25, -0.2) is 0 Å². The lowest BCUT2D eigenvalue weighted by atomic mass is 9.89. The van der Waals surface area contributed by atoms with E-state index >= 15 is 0 Å². The summed E-state index contributed by atoms with van der Waals surface area (Å²) in [6, 6.07) is 4.50. The number of benzene rings is 1. The highest BCUT2D eigenvalue weighted by molar-refractivity contribution is 5.85. The van der Waals surface area contributed by atoms with Crippen LogP contribution in [0.25, 0.3) is 0 Å². The van der Waals surface area contributed by atoms with Gasteiger partial charge in [-0.05, 0) is 24.8 Å².